The lowest BCUT2D eigenvalue weighted by molar-refractivity contribution is -0.124. The molecule has 36 heavy (non-hydrogen) atoms. The number of nitrogens with one attached hydrogen (secondary N) is 2. The van der Waals surface area contributed by atoms with Gasteiger partial charge in [0.1, 0.15) is 5.82 Å². The first-order valence-electron chi connectivity index (χ1n) is 12.9. The molecular formula is C29H37N5O2. The van der Waals surface area contributed by atoms with Gasteiger partial charge in [-0.1, -0.05) is 30.3 Å². The predicted molar refractivity (Wildman–Crippen MR) is 146 cm³/mol. The topological polar surface area (TPSA) is 77.6 Å². The molecule has 1 aliphatic rings. The second-order valence-electron chi connectivity index (χ2n) is 9.86. The van der Waals surface area contributed by atoms with Crippen molar-refractivity contribution < 1.29 is 9.59 Å². The molecule has 0 unspecified atom stereocenters. The number of amides is 2. The average Bonchev–Trinajstić information content (AvgIpc) is 2.87. The summed E-state index contributed by atoms with van der Waals surface area (Å²) >= 11 is 0. The summed E-state index contributed by atoms with van der Waals surface area (Å²) in [5.41, 5.74) is 4.04. The molecule has 2 amide bonds. The smallest absolute Gasteiger partial charge is 0.224 e. The quantitative estimate of drug-likeness (QED) is 0.474. The van der Waals surface area contributed by atoms with Gasteiger partial charge in [-0.05, 0) is 69.1 Å². The van der Waals surface area contributed by atoms with Crippen molar-refractivity contribution in [3.8, 4) is 0 Å². The molecule has 2 heterocycles. The van der Waals surface area contributed by atoms with Crippen molar-refractivity contribution in [1.82, 2.24) is 15.2 Å². The van der Waals surface area contributed by atoms with Crippen LogP contribution in [-0.2, 0) is 16.0 Å². The normalized spacial score (nSPS) is 15.0. The summed E-state index contributed by atoms with van der Waals surface area (Å²) in [6.07, 6.45) is 2.09. The van der Waals surface area contributed by atoms with Gasteiger partial charge >= 0.3 is 0 Å². The van der Waals surface area contributed by atoms with Crippen LogP contribution in [0.15, 0.2) is 54.6 Å². The van der Waals surface area contributed by atoms with E-state index in [-0.39, 0.29) is 30.7 Å². The maximum Gasteiger partial charge on any atom is 0.224 e. The number of carbonyl (C=O) groups is 2. The summed E-state index contributed by atoms with van der Waals surface area (Å²) in [4.78, 5) is 34.3. The third-order valence-corrected chi connectivity index (χ3v) is 6.81. The summed E-state index contributed by atoms with van der Waals surface area (Å²) in [5.74, 6) is 0.746. The van der Waals surface area contributed by atoms with Crippen LogP contribution in [0.5, 0.6) is 0 Å². The van der Waals surface area contributed by atoms with Crippen molar-refractivity contribution in [2.24, 2.45) is 0 Å². The Hall–Kier alpha value is -3.45. The van der Waals surface area contributed by atoms with Gasteiger partial charge in [-0.15, -0.1) is 0 Å². The zero-order valence-corrected chi connectivity index (χ0v) is 21.6. The number of hydrogen-bond donors (Lipinski definition) is 2. The molecule has 0 aliphatic carbocycles. The minimum atomic E-state index is -0.166. The number of fused-ring (bicyclic) bond motifs is 1. The second-order valence-corrected chi connectivity index (χ2v) is 9.86. The lowest BCUT2D eigenvalue weighted by Gasteiger charge is -2.33. The fraction of sp³-hybridized carbons (Fsp3) is 0.414. The number of hydrogen-bond acceptors (Lipinski definition) is 5. The number of piperazine rings is 1. The summed E-state index contributed by atoms with van der Waals surface area (Å²) in [5, 5.41) is 6.96. The van der Waals surface area contributed by atoms with E-state index in [1.54, 1.807) is 0 Å². The Morgan fingerprint density at radius 3 is 2.44 bits per heavy atom. The van der Waals surface area contributed by atoms with Crippen LogP contribution in [0, 0.1) is 6.92 Å². The molecule has 0 radical (unpaired) electrons. The fourth-order valence-corrected chi connectivity index (χ4v) is 4.55. The molecule has 0 bridgehead atoms. The van der Waals surface area contributed by atoms with Crippen LogP contribution in [0.3, 0.4) is 0 Å². The van der Waals surface area contributed by atoms with Crippen LogP contribution >= 0.6 is 0 Å². The third kappa shape index (κ3) is 7.04. The summed E-state index contributed by atoms with van der Waals surface area (Å²) in [6, 6.07) is 18.2. The van der Waals surface area contributed by atoms with Crippen LogP contribution in [0.4, 0.5) is 11.5 Å². The van der Waals surface area contributed by atoms with Gasteiger partial charge in [0.2, 0.25) is 11.8 Å². The maximum atomic E-state index is 12.5. The molecule has 0 saturated carbocycles. The average molecular weight is 488 g/mol. The predicted octanol–water partition coefficient (Wildman–Crippen LogP) is 4.15. The first-order chi connectivity index (χ1) is 17.4. The number of rotatable bonds is 9. The van der Waals surface area contributed by atoms with Gasteiger partial charge in [-0.25, -0.2) is 4.98 Å². The largest absolute Gasteiger partial charge is 0.354 e. The summed E-state index contributed by atoms with van der Waals surface area (Å²) < 4.78 is 0. The van der Waals surface area contributed by atoms with Crippen LogP contribution in [0.2, 0.25) is 0 Å². The Labute approximate surface area is 213 Å². The number of benzene rings is 2. The number of likely N-dealkylation sites (N-methyl/N-ethyl adjacent to an activating group) is 1. The number of anilines is 2. The van der Waals surface area contributed by atoms with Gasteiger partial charge in [0.25, 0.3) is 0 Å². The highest BCUT2D eigenvalue weighted by Gasteiger charge is 2.17. The highest BCUT2D eigenvalue weighted by molar-refractivity contribution is 5.96. The van der Waals surface area contributed by atoms with E-state index in [4.69, 9.17) is 4.98 Å². The molecule has 190 valence electrons. The molecular weight excluding hydrogens is 450 g/mol. The Kier molecular flexibility index (Phi) is 8.54. The van der Waals surface area contributed by atoms with Crippen LogP contribution in [0.1, 0.15) is 37.3 Å². The van der Waals surface area contributed by atoms with E-state index in [1.165, 1.54) is 5.56 Å². The van der Waals surface area contributed by atoms with Crippen LogP contribution < -0.4 is 15.5 Å². The van der Waals surface area contributed by atoms with E-state index in [0.29, 0.717) is 0 Å². The Morgan fingerprint density at radius 1 is 0.972 bits per heavy atom. The molecule has 4 rings (SSSR count). The number of aryl methyl sites for hydroxylation is 2. The molecule has 1 atom stereocenters. The molecule has 7 heteroatoms. The van der Waals surface area contributed by atoms with E-state index in [9.17, 15) is 9.59 Å². The van der Waals surface area contributed by atoms with Gasteiger partial charge in [0.15, 0.2) is 0 Å². The molecule has 1 aliphatic heterocycles. The van der Waals surface area contributed by atoms with E-state index in [2.05, 4.69) is 52.6 Å². The van der Waals surface area contributed by atoms with Gasteiger partial charge in [0.05, 0.1) is 5.52 Å². The van der Waals surface area contributed by atoms with Crippen molar-refractivity contribution >= 4 is 34.2 Å². The molecule has 2 aromatic carbocycles. The molecule has 1 saturated heterocycles. The van der Waals surface area contributed by atoms with Crippen molar-refractivity contribution in [1.29, 1.82) is 0 Å². The zero-order chi connectivity index (χ0) is 25.5. The van der Waals surface area contributed by atoms with Gasteiger partial charge in [-0.2, -0.15) is 0 Å². The highest BCUT2D eigenvalue weighted by Crippen LogP contribution is 2.26. The van der Waals surface area contributed by atoms with Gasteiger partial charge < -0.3 is 20.4 Å². The van der Waals surface area contributed by atoms with E-state index in [0.717, 1.165) is 67.0 Å². The Balaban J connectivity index is 1.26. The molecule has 1 fully saturated rings. The lowest BCUT2D eigenvalue weighted by atomic mass is 10.1. The van der Waals surface area contributed by atoms with Crippen LogP contribution in [-0.4, -0.2) is 61.0 Å². The van der Waals surface area contributed by atoms with Crippen molar-refractivity contribution in [2.75, 3.05) is 43.4 Å². The molecule has 2 N–H and O–H groups in total. The first-order valence-corrected chi connectivity index (χ1v) is 12.9. The number of aromatic nitrogens is 1. The van der Waals surface area contributed by atoms with Gasteiger partial charge in [0, 0.05) is 56.1 Å². The summed E-state index contributed by atoms with van der Waals surface area (Å²) in [7, 11) is 2.15. The molecule has 1 aromatic heterocycles. The van der Waals surface area contributed by atoms with Crippen molar-refractivity contribution in [3.05, 3.63) is 65.7 Å². The molecule has 0 spiro atoms. The number of carbonyl (C=O) groups excluding carboxylic acids is 2. The SMILES string of the molecule is Cc1cc(N2CCN(C)CC2)nc2ccc(NC(=O)CCC(=O)N[C@@H](C)CCc3ccccc3)cc12. The zero-order valence-electron chi connectivity index (χ0n) is 21.6. The highest BCUT2D eigenvalue weighted by atomic mass is 16.2. The minimum Gasteiger partial charge on any atom is -0.354 e. The van der Waals surface area contributed by atoms with Gasteiger partial charge in [-0.3, -0.25) is 9.59 Å². The molecule has 7 nitrogen and oxygen atoms in total. The van der Waals surface area contributed by atoms with Crippen LogP contribution in [0.25, 0.3) is 10.9 Å². The maximum absolute atomic E-state index is 12.5. The third-order valence-electron chi connectivity index (χ3n) is 6.81. The Bertz CT molecular complexity index is 1190. The molecule has 3 aromatic rings. The summed E-state index contributed by atoms with van der Waals surface area (Å²) in [6.45, 7) is 8.10. The number of nitrogens with zero attached hydrogens (tertiary/aromatic N) is 3. The second kappa shape index (κ2) is 12.0. The van der Waals surface area contributed by atoms with Crippen molar-refractivity contribution in [3.63, 3.8) is 0 Å². The van der Waals surface area contributed by atoms with Crippen molar-refractivity contribution in [2.45, 2.75) is 45.6 Å². The van der Waals surface area contributed by atoms with E-state index < -0.39 is 0 Å². The van der Waals surface area contributed by atoms with E-state index >= 15 is 0 Å². The standard InChI is InChI=1S/C29H37N5O2/c1-21-19-27(34-17-15-33(3)16-18-34)32-26-12-11-24(20-25(21)26)31-29(36)14-13-28(35)30-22(2)9-10-23-7-5-4-6-8-23/h4-8,11-12,19-20,22H,9-10,13-18H2,1-3H3,(H,30,35)(H,31,36)/t22-/m0/s1. The minimum absolute atomic E-state index is 0.0625. The number of pyridine rings is 1. The first kappa shape index (κ1) is 25.6. The fourth-order valence-electron chi connectivity index (χ4n) is 4.55. The van der Waals surface area contributed by atoms with E-state index in [1.807, 2.05) is 43.3 Å². The monoisotopic (exact) mass is 487 g/mol. The Morgan fingerprint density at radius 2 is 1.69 bits per heavy atom. The lowest BCUT2D eigenvalue weighted by Crippen LogP contribution is -2.44.